The molecule has 0 heterocycles. The molecule has 0 unspecified atom stereocenters. The molecular weight excluding hydrogens is 238 g/mol. The van der Waals surface area contributed by atoms with E-state index in [0.29, 0.717) is 12.0 Å². The van der Waals surface area contributed by atoms with E-state index in [9.17, 15) is 0 Å². The molecule has 0 amide bonds. The molecule has 0 saturated heterocycles. The highest BCUT2D eigenvalue weighted by Gasteiger charge is 2.41. The monoisotopic (exact) mass is 263 g/mol. The molecular formula is C16H25NO2. The zero-order chi connectivity index (χ0) is 13.7. The molecule has 1 aromatic carbocycles. The molecule has 1 aliphatic carbocycles. The molecule has 106 valence electrons. The molecule has 2 N–H and O–H groups in total. The molecule has 0 spiro atoms. The van der Waals surface area contributed by atoms with Crippen molar-refractivity contribution in [3.05, 3.63) is 29.8 Å². The Morgan fingerprint density at radius 1 is 1.26 bits per heavy atom. The Balaban J connectivity index is 1.74. The second-order valence-corrected chi connectivity index (χ2v) is 5.89. The molecule has 0 aromatic heterocycles. The Bertz CT molecular complexity index is 382. The van der Waals surface area contributed by atoms with Crippen molar-refractivity contribution in [3.63, 3.8) is 0 Å². The molecule has 19 heavy (non-hydrogen) atoms. The number of aliphatic hydroxyl groups is 1. The van der Waals surface area contributed by atoms with Gasteiger partial charge < -0.3 is 15.2 Å². The highest BCUT2D eigenvalue weighted by atomic mass is 16.5. The second-order valence-electron chi connectivity index (χ2n) is 5.89. The van der Waals surface area contributed by atoms with Crippen molar-refractivity contribution < 1.29 is 9.84 Å². The number of aliphatic hydroxyl groups excluding tert-OH is 1. The van der Waals surface area contributed by atoms with Gasteiger partial charge >= 0.3 is 0 Å². The van der Waals surface area contributed by atoms with Gasteiger partial charge in [0, 0.05) is 19.7 Å². The molecule has 3 heteroatoms. The summed E-state index contributed by atoms with van der Waals surface area (Å²) in [7, 11) is 0. The van der Waals surface area contributed by atoms with Gasteiger partial charge in [-0.3, -0.25) is 0 Å². The second kappa shape index (κ2) is 6.40. The molecule has 0 radical (unpaired) electrons. The van der Waals surface area contributed by atoms with Crippen LogP contribution in [0.15, 0.2) is 24.3 Å². The fraction of sp³-hybridized carbons (Fsp3) is 0.625. The fourth-order valence-corrected chi connectivity index (χ4v) is 2.36. The number of benzene rings is 1. The summed E-state index contributed by atoms with van der Waals surface area (Å²) in [6.07, 6.45) is 3.65. The lowest BCUT2D eigenvalue weighted by Gasteiger charge is -2.15. The average Bonchev–Trinajstić information content (AvgIpc) is 3.11. The highest BCUT2D eigenvalue weighted by Crippen LogP contribution is 2.47. The zero-order valence-electron chi connectivity index (χ0n) is 12.0. The van der Waals surface area contributed by atoms with Crippen LogP contribution in [0.5, 0.6) is 5.75 Å². The van der Waals surface area contributed by atoms with E-state index in [2.05, 4.69) is 17.4 Å². The third kappa shape index (κ3) is 4.51. The lowest BCUT2D eigenvalue weighted by atomic mass is 10.0. The van der Waals surface area contributed by atoms with Crippen molar-refractivity contribution in [2.24, 2.45) is 5.41 Å². The molecule has 1 fully saturated rings. The summed E-state index contributed by atoms with van der Waals surface area (Å²) in [5.41, 5.74) is 1.66. The third-order valence-electron chi connectivity index (χ3n) is 3.72. The van der Waals surface area contributed by atoms with E-state index in [1.165, 1.54) is 18.4 Å². The van der Waals surface area contributed by atoms with Crippen molar-refractivity contribution in [2.45, 2.75) is 45.8 Å². The first-order valence-electron chi connectivity index (χ1n) is 7.21. The van der Waals surface area contributed by atoms with Crippen LogP contribution in [-0.4, -0.2) is 24.4 Å². The van der Waals surface area contributed by atoms with E-state index in [1.807, 2.05) is 26.0 Å². The topological polar surface area (TPSA) is 41.5 Å². The molecule has 3 nitrogen and oxygen atoms in total. The molecule has 0 bridgehead atoms. The van der Waals surface area contributed by atoms with Gasteiger partial charge in [0.2, 0.25) is 0 Å². The minimum Gasteiger partial charge on any atom is -0.491 e. The first-order valence-corrected chi connectivity index (χ1v) is 7.21. The lowest BCUT2D eigenvalue weighted by molar-refractivity contribution is 0.242. The molecule has 0 aliphatic heterocycles. The van der Waals surface area contributed by atoms with Gasteiger partial charge in [-0.1, -0.05) is 12.1 Å². The Labute approximate surface area is 116 Å². The number of rotatable bonds is 8. The van der Waals surface area contributed by atoms with Gasteiger partial charge in [0.1, 0.15) is 5.75 Å². The van der Waals surface area contributed by atoms with Gasteiger partial charge in [-0.05, 0) is 56.2 Å². The number of ether oxygens (including phenoxy) is 1. The minimum absolute atomic E-state index is 0.220. The number of hydrogen-bond donors (Lipinski definition) is 2. The average molecular weight is 263 g/mol. The first-order chi connectivity index (χ1) is 9.13. The molecule has 1 aromatic rings. The summed E-state index contributed by atoms with van der Waals surface area (Å²) in [4.78, 5) is 0. The largest absolute Gasteiger partial charge is 0.491 e. The zero-order valence-corrected chi connectivity index (χ0v) is 12.0. The summed E-state index contributed by atoms with van der Waals surface area (Å²) in [5.74, 6) is 0.928. The van der Waals surface area contributed by atoms with E-state index in [4.69, 9.17) is 9.84 Å². The summed E-state index contributed by atoms with van der Waals surface area (Å²) < 4.78 is 5.62. The normalized spacial score (nSPS) is 16.6. The van der Waals surface area contributed by atoms with Gasteiger partial charge in [0.15, 0.2) is 0 Å². The standard InChI is InChI=1S/C16H25NO2/c1-13(2)19-15-5-3-14(4-6-15)11-17-12-16(7-8-16)9-10-18/h3-6,13,17-18H,7-12H2,1-2H3. The SMILES string of the molecule is CC(C)Oc1ccc(CNCC2(CCO)CC2)cc1. The quantitative estimate of drug-likeness (QED) is 0.758. The van der Waals surface area contributed by atoms with E-state index in [1.54, 1.807) is 0 Å². The number of hydrogen-bond acceptors (Lipinski definition) is 3. The molecule has 2 rings (SSSR count). The Kier molecular flexibility index (Phi) is 4.83. The Morgan fingerprint density at radius 3 is 2.47 bits per heavy atom. The summed E-state index contributed by atoms with van der Waals surface area (Å²) in [6.45, 7) is 6.27. The van der Waals surface area contributed by atoms with Crippen LogP contribution in [0.3, 0.4) is 0 Å². The maximum atomic E-state index is 9.02. The maximum Gasteiger partial charge on any atom is 0.119 e. The van der Waals surface area contributed by atoms with Crippen LogP contribution in [0.4, 0.5) is 0 Å². The van der Waals surface area contributed by atoms with Gasteiger partial charge in [-0.25, -0.2) is 0 Å². The summed E-state index contributed by atoms with van der Waals surface area (Å²) in [5, 5.41) is 12.5. The van der Waals surface area contributed by atoms with Gasteiger partial charge in [-0.15, -0.1) is 0 Å². The van der Waals surface area contributed by atoms with Crippen molar-refractivity contribution >= 4 is 0 Å². The van der Waals surface area contributed by atoms with Crippen molar-refractivity contribution in [1.29, 1.82) is 0 Å². The summed E-state index contributed by atoms with van der Waals surface area (Å²) in [6, 6.07) is 8.27. The van der Waals surface area contributed by atoms with Crippen molar-refractivity contribution in [1.82, 2.24) is 5.32 Å². The smallest absolute Gasteiger partial charge is 0.119 e. The molecule has 1 aliphatic rings. The van der Waals surface area contributed by atoms with Gasteiger partial charge in [0.25, 0.3) is 0 Å². The lowest BCUT2D eigenvalue weighted by Crippen LogP contribution is -2.24. The van der Waals surface area contributed by atoms with E-state index in [-0.39, 0.29) is 6.10 Å². The molecule has 1 saturated carbocycles. The van der Waals surface area contributed by atoms with E-state index in [0.717, 1.165) is 25.3 Å². The minimum atomic E-state index is 0.220. The van der Waals surface area contributed by atoms with Crippen LogP contribution >= 0.6 is 0 Å². The van der Waals surface area contributed by atoms with Crippen LogP contribution in [0.25, 0.3) is 0 Å². The maximum absolute atomic E-state index is 9.02. The van der Waals surface area contributed by atoms with Crippen LogP contribution in [0.2, 0.25) is 0 Å². The van der Waals surface area contributed by atoms with Crippen molar-refractivity contribution in [2.75, 3.05) is 13.2 Å². The van der Waals surface area contributed by atoms with E-state index < -0.39 is 0 Å². The Morgan fingerprint density at radius 2 is 1.95 bits per heavy atom. The fourth-order valence-electron chi connectivity index (χ4n) is 2.36. The van der Waals surface area contributed by atoms with Crippen LogP contribution in [-0.2, 0) is 6.54 Å². The highest BCUT2D eigenvalue weighted by molar-refractivity contribution is 5.27. The van der Waals surface area contributed by atoms with Crippen LogP contribution in [0.1, 0.15) is 38.7 Å². The van der Waals surface area contributed by atoms with E-state index >= 15 is 0 Å². The van der Waals surface area contributed by atoms with Crippen molar-refractivity contribution in [3.8, 4) is 5.75 Å². The summed E-state index contributed by atoms with van der Waals surface area (Å²) >= 11 is 0. The predicted octanol–water partition coefficient (Wildman–Crippen LogP) is 2.73. The third-order valence-corrected chi connectivity index (χ3v) is 3.72. The van der Waals surface area contributed by atoms with Gasteiger partial charge in [0.05, 0.1) is 6.10 Å². The van der Waals surface area contributed by atoms with Crippen LogP contribution < -0.4 is 10.1 Å². The van der Waals surface area contributed by atoms with Crippen LogP contribution in [0, 0.1) is 5.41 Å². The number of nitrogens with one attached hydrogen (secondary N) is 1. The Hall–Kier alpha value is -1.06. The first kappa shape index (κ1) is 14.4. The predicted molar refractivity (Wildman–Crippen MR) is 77.3 cm³/mol. The molecule has 0 atom stereocenters. The van der Waals surface area contributed by atoms with Gasteiger partial charge in [-0.2, -0.15) is 0 Å².